The van der Waals surface area contributed by atoms with E-state index in [-0.39, 0.29) is 12.5 Å². The third-order valence-corrected chi connectivity index (χ3v) is 5.22. The highest BCUT2D eigenvalue weighted by Gasteiger charge is 2.25. The smallest absolute Gasteiger partial charge is 0.241 e. The van der Waals surface area contributed by atoms with Crippen LogP contribution in [0.1, 0.15) is 5.56 Å². The van der Waals surface area contributed by atoms with Crippen LogP contribution in [-0.4, -0.2) is 62.5 Å². The molecule has 0 saturated carbocycles. The van der Waals surface area contributed by atoms with Gasteiger partial charge in [0.15, 0.2) is 0 Å². The number of carbonyl (C=O) groups excluding carboxylic acids is 1. The minimum atomic E-state index is -3.17. The zero-order chi connectivity index (χ0) is 16.3. The summed E-state index contributed by atoms with van der Waals surface area (Å²) in [6.07, 6.45) is 1.19. The van der Waals surface area contributed by atoms with E-state index in [4.69, 9.17) is 11.6 Å². The Labute approximate surface area is 136 Å². The molecule has 0 unspecified atom stereocenters. The molecule has 22 heavy (non-hydrogen) atoms. The van der Waals surface area contributed by atoms with Gasteiger partial charge in [0, 0.05) is 36.9 Å². The zero-order valence-electron chi connectivity index (χ0n) is 12.7. The molecular weight excluding hydrogens is 326 g/mol. The summed E-state index contributed by atoms with van der Waals surface area (Å²) >= 11 is 5.90. The number of nitrogens with one attached hydrogen (secondary N) is 1. The number of carbonyl (C=O) groups is 1. The summed E-state index contributed by atoms with van der Waals surface area (Å²) in [6.45, 7) is 3.65. The highest BCUT2D eigenvalue weighted by Crippen LogP contribution is 2.19. The highest BCUT2D eigenvalue weighted by molar-refractivity contribution is 7.88. The molecule has 0 spiro atoms. The van der Waals surface area contributed by atoms with Gasteiger partial charge in [0.1, 0.15) is 0 Å². The molecule has 1 aromatic rings. The van der Waals surface area contributed by atoms with Gasteiger partial charge < -0.3 is 10.2 Å². The number of anilines is 1. The molecule has 1 amide bonds. The molecule has 0 aromatic heterocycles. The van der Waals surface area contributed by atoms with E-state index in [1.165, 1.54) is 10.6 Å². The summed E-state index contributed by atoms with van der Waals surface area (Å²) in [5, 5.41) is 3.76. The van der Waals surface area contributed by atoms with Crippen LogP contribution in [0.3, 0.4) is 0 Å². The first-order chi connectivity index (χ1) is 10.3. The van der Waals surface area contributed by atoms with Crippen molar-refractivity contribution in [3.8, 4) is 0 Å². The van der Waals surface area contributed by atoms with Crippen LogP contribution in [0.5, 0.6) is 0 Å². The van der Waals surface area contributed by atoms with Crippen molar-refractivity contribution in [3.05, 3.63) is 28.8 Å². The van der Waals surface area contributed by atoms with Gasteiger partial charge >= 0.3 is 0 Å². The average molecular weight is 346 g/mol. The second-order valence-corrected chi connectivity index (χ2v) is 7.77. The molecule has 1 aliphatic rings. The van der Waals surface area contributed by atoms with E-state index < -0.39 is 10.0 Å². The van der Waals surface area contributed by atoms with Gasteiger partial charge in [-0.2, -0.15) is 4.31 Å². The Balaban J connectivity index is 1.86. The number of nitrogens with zero attached hydrogens (tertiary/aromatic N) is 2. The van der Waals surface area contributed by atoms with Gasteiger partial charge in [-0.3, -0.25) is 4.79 Å². The van der Waals surface area contributed by atoms with E-state index in [0.717, 1.165) is 11.3 Å². The van der Waals surface area contributed by atoms with Crippen molar-refractivity contribution in [2.45, 2.75) is 6.92 Å². The van der Waals surface area contributed by atoms with Crippen LogP contribution >= 0.6 is 11.6 Å². The maximum atomic E-state index is 12.2. The van der Waals surface area contributed by atoms with E-state index in [1.54, 1.807) is 11.0 Å². The lowest BCUT2D eigenvalue weighted by Crippen LogP contribution is -2.51. The standard InChI is InChI=1S/C14H20ClN3O3S/c1-11-9-12(15)3-4-13(11)16-10-14(19)17-5-7-18(8-6-17)22(2,20)21/h3-4,9,16H,5-8,10H2,1-2H3. The summed E-state index contributed by atoms with van der Waals surface area (Å²) in [5.74, 6) is -0.0394. The summed E-state index contributed by atoms with van der Waals surface area (Å²) < 4.78 is 24.3. The number of hydrogen-bond acceptors (Lipinski definition) is 4. The first kappa shape index (κ1) is 17.1. The first-order valence-electron chi connectivity index (χ1n) is 7.00. The van der Waals surface area contributed by atoms with E-state index in [0.29, 0.717) is 31.2 Å². The predicted octanol–water partition coefficient (Wildman–Crippen LogP) is 1.16. The lowest BCUT2D eigenvalue weighted by Gasteiger charge is -2.33. The molecule has 1 saturated heterocycles. The highest BCUT2D eigenvalue weighted by atomic mass is 35.5. The molecule has 122 valence electrons. The Kier molecular flexibility index (Phi) is 5.31. The quantitative estimate of drug-likeness (QED) is 0.889. The van der Waals surface area contributed by atoms with Gasteiger partial charge in [0.05, 0.1) is 12.8 Å². The second-order valence-electron chi connectivity index (χ2n) is 5.36. The van der Waals surface area contributed by atoms with Crippen LogP contribution in [0.2, 0.25) is 5.02 Å². The van der Waals surface area contributed by atoms with E-state index in [1.807, 2.05) is 19.1 Å². The number of hydrogen-bond donors (Lipinski definition) is 1. The maximum absolute atomic E-state index is 12.2. The van der Waals surface area contributed by atoms with Crippen LogP contribution in [0.15, 0.2) is 18.2 Å². The Morgan fingerprint density at radius 1 is 1.27 bits per heavy atom. The van der Waals surface area contributed by atoms with Crippen molar-refractivity contribution in [1.29, 1.82) is 0 Å². The summed E-state index contributed by atoms with van der Waals surface area (Å²) in [6, 6.07) is 5.44. The summed E-state index contributed by atoms with van der Waals surface area (Å²) in [5.41, 5.74) is 1.84. The second kappa shape index (κ2) is 6.85. The maximum Gasteiger partial charge on any atom is 0.241 e. The largest absolute Gasteiger partial charge is 0.376 e. The van der Waals surface area contributed by atoms with Gasteiger partial charge in [-0.25, -0.2) is 8.42 Å². The van der Waals surface area contributed by atoms with Crippen LogP contribution in [0, 0.1) is 6.92 Å². The predicted molar refractivity (Wildman–Crippen MR) is 87.7 cm³/mol. The van der Waals surface area contributed by atoms with E-state index in [9.17, 15) is 13.2 Å². The summed E-state index contributed by atoms with van der Waals surface area (Å²) in [4.78, 5) is 13.9. The molecule has 1 N–H and O–H groups in total. The molecule has 2 rings (SSSR count). The van der Waals surface area contributed by atoms with Crippen molar-refractivity contribution < 1.29 is 13.2 Å². The molecule has 1 heterocycles. The van der Waals surface area contributed by atoms with Crippen LogP contribution in [0.25, 0.3) is 0 Å². The van der Waals surface area contributed by atoms with Gasteiger partial charge in [0.25, 0.3) is 0 Å². The Morgan fingerprint density at radius 3 is 2.45 bits per heavy atom. The number of aryl methyl sites for hydroxylation is 1. The molecule has 8 heteroatoms. The number of sulfonamides is 1. The van der Waals surface area contributed by atoms with Crippen LogP contribution in [0.4, 0.5) is 5.69 Å². The molecule has 0 atom stereocenters. The fraction of sp³-hybridized carbons (Fsp3) is 0.500. The molecule has 0 aliphatic carbocycles. The molecule has 1 fully saturated rings. The summed E-state index contributed by atoms with van der Waals surface area (Å²) in [7, 11) is -3.17. The topological polar surface area (TPSA) is 69.7 Å². The van der Waals surface area contributed by atoms with Crippen molar-refractivity contribution >= 4 is 33.2 Å². The van der Waals surface area contributed by atoms with Crippen molar-refractivity contribution in [2.75, 3.05) is 44.3 Å². The fourth-order valence-corrected chi connectivity index (χ4v) is 3.43. The lowest BCUT2D eigenvalue weighted by atomic mass is 10.2. The molecule has 1 aliphatic heterocycles. The van der Waals surface area contributed by atoms with Gasteiger partial charge in [-0.05, 0) is 30.7 Å². The van der Waals surface area contributed by atoms with Gasteiger partial charge in [-0.15, -0.1) is 0 Å². The van der Waals surface area contributed by atoms with Crippen LogP contribution < -0.4 is 5.32 Å². The molecule has 6 nitrogen and oxygen atoms in total. The molecular formula is C14H20ClN3O3S. The average Bonchev–Trinajstić information content (AvgIpc) is 2.45. The van der Waals surface area contributed by atoms with Crippen molar-refractivity contribution in [2.24, 2.45) is 0 Å². The number of rotatable bonds is 4. The van der Waals surface area contributed by atoms with Crippen molar-refractivity contribution in [3.63, 3.8) is 0 Å². The third-order valence-electron chi connectivity index (χ3n) is 3.68. The monoisotopic (exact) mass is 345 g/mol. The van der Waals surface area contributed by atoms with E-state index >= 15 is 0 Å². The Morgan fingerprint density at radius 2 is 1.91 bits per heavy atom. The number of benzene rings is 1. The number of amides is 1. The molecule has 0 radical (unpaired) electrons. The minimum Gasteiger partial charge on any atom is -0.376 e. The van der Waals surface area contributed by atoms with Gasteiger partial charge in [0.2, 0.25) is 15.9 Å². The SMILES string of the molecule is Cc1cc(Cl)ccc1NCC(=O)N1CCN(S(C)(=O)=O)CC1. The normalized spacial score (nSPS) is 16.6. The lowest BCUT2D eigenvalue weighted by molar-refractivity contribution is -0.130. The van der Waals surface area contributed by atoms with Gasteiger partial charge in [-0.1, -0.05) is 11.6 Å². The third kappa shape index (κ3) is 4.34. The zero-order valence-corrected chi connectivity index (χ0v) is 14.2. The Hall–Kier alpha value is -1.31. The Bertz CT molecular complexity index is 655. The van der Waals surface area contributed by atoms with E-state index in [2.05, 4.69) is 5.32 Å². The molecule has 1 aromatic carbocycles. The minimum absolute atomic E-state index is 0.0394. The number of halogens is 1. The van der Waals surface area contributed by atoms with Crippen molar-refractivity contribution in [1.82, 2.24) is 9.21 Å². The first-order valence-corrected chi connectivity index (χ1v) is 9.23. The molecule has 0 bridgehead atoms. The number of piperazine rings is 1. The fourth-order valence-electron chi connectivity index (χ4n) is 2.38. The van der Waals surface area contributed by atoms with Crippen LogP contribution in [-0.2, 0) is 14.8 Å².